The third-order valence-electron chi connectivity index (χ3n) is 6.06. The minimum absolute atomic E-state index is 0.202. The summed E-state index contributed by atoms with van der Waals surface area (Å²) in [5.74, 6) is 0.654. The number of ether oxygens (including phenoxy) is 2. The molecule has 12 heteroatoms. The number of anilines is 1. The molecule has 0 amide bonds. The van der Waals surface area contributed by atoms with Gasteiger partial charge in [0, 0.05) is 12.0 Å². The monoisotopic (exact) mass is 583 g/mol. The number of nitrogens with zero attached hydrogens (tertiary/aromatic N) is 3. The first kappa shape index (κ1) is 30.5. The topological polar surface area (TPSA) is 140 Å². The minimum Gasteiger partial charge on any atom is -0.462 e. The van der Waals surface area contributed by atoms with Crippen LogP contribution in [0.15, 0.2) is 54.6 Å². The van der Waals surface area contributed by atoms with Crippen LogP contribution in [0.25, 0.3) is 21.9 Å². The van der Waals surface area contributed by atoms with Crippen molar-refractivity contribution in [2.24, 2.45) is 0 Å². The SMILES string of the molecule is CCOCc1nc2c(N)nc3ccccc3c2n1CC(C)(C)O[P@@](=O)(N[C@@H](C)C(=O)OC(C)C)Oc1ccccc1. The van der Waals surface area contributed by atoms with E-state index >= 15 is 0 Å². The fraction of sp³-hybridized carbons (Fsp3) is 0.414. The summed E-state index contributed by atoms with van der Waals surface area (Å²) in [4.78, 5) is 21.9. The Balaban J connectivity index is 1.73. The summed E-state index contributed by atoms with van der Waals surface area (Å²) in [7, 11) is -4.14. The zero-order valence-corrected chi connectivity index (χ0v) is 25.2. The number of imidazole rings is 1. The predicted octanol–water partition coefficient (Wildman–Crippen LogP) is 5.62. The van der Waals surface area contributed by atoms with E-state index in [9.17, 15) is 9.36 Å². The molecule has 220 valence electrons. The zero-order valence-electron chi connectivity index (χ0n) is 24.3. The number of hydrogen-bond donors (Lipinski definition) is 2. The number of para-hydroxylation sites is 2. The predicted molar refractivity (Wildman–Crippen MR) is 158 cm³/mol. The first-order valence-corrected chi connectivity index (χ1v) is 15.1. The van der Waals surface area contributed by atoms with Gasteiger partial charge in [0.2, 0.25) is 0 Å². The molecule has 2 aromatic heterocycles. The van der Waals surface area contributed by atoms with Gasteiger partial charge in [-0.1, -0.05) is 36.4 Å². The molecule has 3 N–H and O–H groups in total. The Morgan fingerprint density at radius 2 is 1.76 bits per heavy atom. The summed E-state index contributed by atoms with van der Waals surface area (Å²) >= 11 is 0. The fourth-order valence-corrected chi connectivity index (χ4v) is 6.26. The van der Waals surface area contributed by atoms with E-state index in [1.54, 1.807) is 58.9 Å². The number of fused-ring (bicyclic) bond motifs is 3. The van der Waals surface area contributed by atoms with Gasteiger partial charge in [0.25, 0.3) is 0 Å². The lowest BCUT2D eigenvalue weighted by Crippen LogP contribution is -2.39. The number of carbonyl (C=O) groups is 1. The average Bonchev–Trinajstić information content (AvgIpc) is 3.25. The van der Waals surface area contributed by atoms with Crippen LogP contribution < -0.4 is 15.3 Å². The number of carbonyl (C=O) groups excluding carboxylic acids is 1. The lowest BCUT2D eigenvalue weighted by Gasteiger charge is -2.32. The summed E-state index contributed by atoms with van der Waals surface area (Å²) in [6.07, 6.45) is -0.339. The number of rotatable bonds is 13. The van der Waals surface area contributed by atoms with Gasteiger partial charge in [-0.25, -0.2) is 14.5 Å². The molecule has 0 unspecified atom stereocenters. The lowest BCUT2D eigenvalue weighted by atomic mass is 10.1. The van der Waals surface area contributed by atoms with Crippen molar-refractivity contribution >= 4 is 41.5 Å². The van der Waals surface area contributed by atoms with Crippen molar-refractivity contribution in [1.82, 2.24) is 19.6 Å². The van der Waals surface area contributed by atoms with Gasteiger partial charge >= 0.3 is 13.7 Å². The second-order valence-corrected chi connectivity index (χ2v) is 12.2. The number of nitrogen functional groups attached to an aromatic ring is 1. The van der Waals surface area contributed by atoms with E-state index in [0.29, 0.717) is 29.5 Å². The maximum Gasteiger partial charge on any atom is 0.460 e. The van der Waals surface area contributed by atoms with Crippen molar-refractivity contribution in [3.05, 3.63) is 60.4 Å². The number of esters is 1. The second kappa shape index (κ2) is 12.6. The number of nitrogens with one attached hydrogen (secondary N) is 1. The van der Waals surface area contributed by atoms with Gasteiger partial charge in [-0.15, -0.1) is 0 Å². The summed E-state index contributed by atoms with van der Waals surface area (Å²) < 4.78 is 39.4. The number of aromatic nitrogens is 3. The number of hydrogen-bond acceptors (Lipinski definition) is 9. The third-order valence-corrected chi connectivity index (χ3v) is 7.95. The van der Waals surface area contributed by atoms with E-state index < -0.39 is 25.4 Å². The van der Waals surface area contributed by atoms with E-state index in [0.717, 1.165) is 16.4 Å². The van der Waals surface area contributed by atoms with Crippen LogP contribution in [-0.2, 0) is 36.5 Å². The Kier molecular flexibility index (Phi) is 9.34. The molecule has 0 fully saturated rings. The molecule has 0 aliphatic carbocycles. The van der Waals surface area contributed by atoms with Gasteiger partial charge < -0.3 is 24.3 Å². The van der Waals surface area contributed by atoms with E-state index in [-0.39, 0.29) is 19.3 Å². The van der Waals surface area contributed by atoms with Crippen molar-refractivity contribution in [2.75, 3.05) is 12.3 Å². The molecular formula is C29H38N5O6P. The molecule has 0 radical (unpaired) electrons. The minimum atomic E-state index is -4.14. The molecule has 0 bridgehead atoms. The molecule has 0 spiro atoms. The quantitative estimate of drug-likeness (QED) is 0.151. The van der Waals surface area contributed by atoms with E-state index in [4.69, 9.17) is 29.2 Å². The summed E-state index contributed by atoms with van der Waals surface area (Å²) in [6.45, 7) is 11.4. The fourth-order valence-electron chi connectivity index (χ4n) is 4.43. The molecule has 0 aliphatic rings. The standard InChI is InChI=1S/C29H38N5O6P/c1-7-37-17-24-32-25-26(22-15-11-12-16-23(22)31-27(25)30)34(24)18-29(5,6)40-41(36,39-21-13-9-8-10-14-21)33-20(4)28(35)38-19(2)3/h8-16,19-20H,7,17-18H2,1-6H3,(H2,30,31)(H,33,36)/t20-,41+/m0/s1. The molecule has 0 saturated carbocycles. The second-order valence-electron chi connectivity index (χ2n) is 10.6. The third kappa shape index (κ3) is 7.42. The van der Waals surface area contributed by atoms with Crippen LogP contribution in [0.2, 0.25) is 0 Å². The van der Waals surface area contributed by atoms with Crippen LogP contribution in [-0.4, -0.2) is 44.9 Å². The Bertz CT molecular complexity index is 1560. The molecule has 2 aromatic carbocycles. The van der Waals surface area contributed by atoms with Gasteiger partial charge in [-0.2, -0.15) is 5.09 Å². The van der Waals surface area contributed by atoms with Crippen molar-refractivity contribution in [2.45, 2.75) is 72.4 Å². The molecular weight excluding hydrogens is 545 g/mol. The van der Waals surface area contributed by atoms with Crippen LogP contribution in [0.3, 0.4) is 0 Å². The Hall–Kier alpha value is -3.50. The molecule has 0 saturated heterocycles. The highest BCUT2D eigenvalue weighted by atomic mass is 31.2. The van der Waals surface area contributed by atoms with Crippen molar-refractivity contribution in [1.29, 1.82) is 0 Å². The number of pyridine rings is 1. The number of nitrogens with two attached hydrogens (primary N) is 1. The summed E-state index contributed by atoms with van der Waals surface area (Å²) in [6, 6.07) is 15.3. The Morgan fingerprint density at radius 3 is 2.44 bits per heavy atom. The largest absolute Gasteiger partial charge is 0.462 e. The molecule has 0 aliphatic heterocycles. The molecule has 41 heavy (non-hydrogen) atoms. The highest BCUT2D eigenvalue weighted by Crippen LogP contribution is 2.49. The first-order chi connectivity index (χ1) is 19.4. The van der Waals surface area contributed by atoms with Gasteiger partial charge in [0.1, 0.15) is 29.7 Å². The van der Waals surface area contributed by atoms with Crippen LogP contribution in [0.4, 0.5) is 5.82 Å². The van der Waals surface area contributed by atoms with Gasteiger partial charge in [0.15, 0.2) is 5.82 Å². The average molecular weight is 584 g/mol. The lowest BCUT2D eigenvalue weighted by molar-refractivity contribution is -0.149. The highest BCUT2D eigenvalue weighted by Gasteiger charge is 2.39. The van der Waals surface area contributed by atoms with Crippen molar-refractivity contribution in [3.63, 3.8) is 0 Å². The van der Waals surface area contributed by atoms with Crippen LogP contribution in [0, 0.1) is 0 Å². The van der Waals surface area contributed by atoms with E-state index in [1.807, 2.05) is 41.8 Å². The number of benzene rings is 2. The van der Waals surface area contributed by atoms with Crippen molar-refractivity contribution in [3.8, 4) is 5.75 Å². The first-order valence-electron chi connectivity index (χ1n) is 13.6. The van der Waals surface area contributed by atoms with Crippen LogP contribution in [0.1, 0.15) is 47.4 Å². The van der Waals surface area contributed by atoms with Crippen molar-refractivity contribution < 1.29 is 27.9 Å². The summed E-state index contributed by atoms with van der Waals surface area (Å²) in [5, 5.41) is 3.62. The smallest absolute Gasteiger partial charge is 0.460 e. The Morgan fingerprint density at radius 1 is 1.07 bits per heavy atom. The van der Waals surface area contributed by atoms with Crippen LogP contribution >= 0.6 is 7.75 Å². The maximum atomic E-state index is 14.3. The normalized spacial score (nSPS) is 14.3. The maximum absolute atomic E-state index is 14.3. The van der Waals surface area contributed by atoms with Gasteiger partial charge in [-0.05, 0) is 59.7 Å². The van der Waals surface area contributed by atoms with E-state index in [1.165, 1.54) is 0 Å². The molecule has 11 nitrogen and oxygen atoms in total. The molecule has 4 rings (SSSR count). The molecule has 2 atom stereocenters. The highest BCUT2D eigenvalue weighted by molar-refractivity contribution is 7.52. The van der Waals surface area contributed by atoms with Gasteiger partial charge in [0.05, 0.1) is 29.3 Å². The van der Waals surface area contributed by atoms with E-state index in [2.05, 4.69) is 10.1 Å². The zero-order chi connectivity index (χ0) is 29.8. The van der Waals surface area contributed by atoms with Gasteiger partial charge in [-0.3, -0.25) is 9.32 Å². The Labute approximate surface area is 239 Å². The van der Waals surface area contributed by atoms with Crippen LogP contribution in [0.5, 0.6) is 5.75 Å². The molecule has 4 aromatic rings. The summed E-state index contributed by atoms with van der Waals surface area (Å²) in [5.41, 5.74) is 7.25. The molecule has 2 heterocycles.